The van der Waals surface area contributed by atoms with Gasteiger partial charge in [-0.3, -0.25) is 9.59 Å². The molecule has 230 valence electrons. The van der Waals surface area contributed by atoms with Crippen LogP contribution in [0.15, 0.2) is 54.7 Å². The van der Waals surface area contributed by atoms with Gasteiger partial charge in [-0.2, -0.15) is 0 Å². The van der Waals surface area contributed by atoms with Gasteiger partial charge in [0.05, 0.1) is 11.7 Å². The molecule has 0 aliphatic carbocycles. The highest BCUT2D eigenvalue weighted by Crippen LogP contribution is 2.38. The molecule has 1 aromatic heterocycles. The summed E-state index contributed by atoms with van der Waals surface area (Å²) in [5.41, 5.74) is 1.15. The molecule has 2 aliphatic heterocycles. The zero-order chi connectivity index (χ0) is 30.5. The van der Waals surface area contributed by atoms with Gasteiger partial charge in [-0.05, 0) is 49.4 Å². The van der Waals surface area contributed by atoms with Crippen molar-refractivity contribution in [1.29, 1.82) is 0 Å². The number of ether oxygens (including phenoxy) is 2. The first-order chi connectivity index (χ1) is 20.7. The number of carbonyl (C=O) groups is 2. The number of amides is 1. The Hall–Kier alpha value is -3.70. The molecule has 11 heteroatoms. The first-order valence-electron chi connectivity index (χ1n) is 14.7. The van der Waals surface area contributed by atoms with E-state index in [1.807, 2.05) is 34.9 Å². The number of halogens is 3. The van der Waals surface area contributed by atoms with Crippen LogP contribution in [0.5, 0.6) is 0 Å². The van der Waals surface area contributed by atoms with Gasteiger partial charge in [0.15, 0.2) is 6.10 Å². The van der Waals surface area contributed by atoms with Crippen molar-refractivity contribution in [3.8, 4) is 11.3 Å². The van der Waals surface area contributed by atoms with Crippen molar-refractivity contribution in [2.45, 2.75) is 51.6 Å². The predicted octanol–water partition coefficient (Wildman–Crippen LogP) is 4.68. The van der Waals surface area contributed by atoms with E-state index in [-0.39, 0.29) is 30.3 Å². The summed E-state index contributed by atoms with van der Waals surface area (Å²) >= 11 is 0. The van der Waals surface area contributed by atoms with E-state index in [1.165, 1.54) is 13.8 Å². The van der Waals surface area contributed by atoms with Gasteiger partial charge in [0.25, 0.3) is 5.91 Å². The van der Waals surface area contributed by atoms with Crippen LogP contribution in [0.25, 0.3) is 11.3 Å². The van der Waals surface area contributed by atoms with Gasteiger partial charge in [0, 0.05) is 64.0 Å². The van der Waals surface area contributed by atoms with E-state index in [9.17, 15) is 14.0 Å². The summed E-state index contributed by atoms with van der Waals surface area (Å²) in [6, 6.07) is 12.1. The van der Waals surface area contributed by atoms with Crippen molar-refractivity contribution in [1.82, 2.24) is 19.8 Å². The number of rotatable bonds is 10. The van der Waals surface area contributed by atoms with Gasteiger partial charge >= 0.3 is 5.97 Å². The zero-order valence-corrected chi connectivity index (χ0v) is 24.3. The number of hydrogen-bond donors (Lipinski definition) is 1. The quantitative estimate of drug-likeness (QED) is 0.341. The Balaban J connectivity index is 1.66. The van der Waals surface area contributed by atoms with Gasteiger partial charge in [0.1, 0.15) is 23.6 Å². The monoisotopic (exact) mass is 598 g/mol. The molecule has 4 atom stereocenters. The maximum absolute atomic E-state index is 15.0. The van der Waals surface area contributed by atoms with Crippen LogP contribution in [0.2, 0.25) is 0 Å². The Kier molecular flexibility index (Phi) is 9.82. The van der Waals surface area contributed by atoms with Crippen LogP contribution in [0.4, 0.5) is 13.2 Å². The number of alkyl halides is 1. The number of hydrogen-bond acceptors (Lipinski definition) is 6. The summed E-state index contributed by atoms with van der Waals surface area (Å²) in [6.45, 7) is 4.62. The lowest BCUT2D eigenvalue weighted by Gasteiger charge is -2.40. The summed E-state index contributed by atoms with van der Waals surface area (Å²) in [7, 11) is 0. The number of nitrogens with one attached hydrogen (secondary N) is 1. The van der Waals surface area contributed by atoms with E-state index in [2.05, 4.69) is 5.32 Å². The van der Waals surface area contributed by atoms with Crippen molar-refractivity contribution in [2.24, 2.45) is 11.8 Å². The zero-order valence-electron chi connectivity index (χ0n) is 24.3. The minimum atomic E-state index is -1.17. The molecule has 43 heavy (non-hydrogen) atoms. The number of benzene rings is 2. The van der Waals surface area contributed by atoms with Gasteiger partial charge in [-0.15, -0.1) is 0 Å². The Morgan fingerprint density at radius 2 is 1.88 bits per heavy atom. The Morgan fingerprint density at radius 3 is 2.56 bits per heavy atom. The van der Waals surface area contributed by atoms with Crippen molar-refractivity contribution >= 4 is 11.9 Å². The predicted molar refractivity (Wildman–Crippen MR) is 154 cm³/mol. The third-order valence-corrected chi connectivity index (χ3v) is 8.18. The van der Waals surface area contributed by atoms with Crippen LogP contribution < -0.4 is 5.32 Å². The molecule has 3 aromatic rings. The van der Waals surface area contributed by atoms with Gasteiger partial charge < -0.3 is 24.3 Å². The molecular formula is C32H37F3N4O4. The summed E-state index contributed by atoms with van der Waals surface area (Å²) in [5.74, 6) is -2.49. The molecular weight excluding hydrogens is 561 g/mol. The molecule has 2 aliphatic rings. The molecule has 0 spiro atoms. The maximum atomic E-state index is 15.0. The Morgan fingerprint density at radius 1 is 1.14 bits per heavy atom. The maximum Gasteiger partial charge on any atom is 0.303 e. The van der Waals surface area contributed by atoms with E-state index >= 15 is 8.78 Å². The molecule has 1 unspecified atom stereocenters. The third-order valence-electron chi connectivity index (χ3n) is 8.18. The summed E-state index contributed by atoms with van der Waals surface area (Å²) in [5, 5.41) is 3.05. The number of aromatic nitrogens is 2. The fourth-order valence-electron chi connectivity index (χ4n) is 6.04. The van der Waals surface area contributed by atoms with Crippen molar-refractivity contribution in [2.75, 3.05) is 32.8 Å². The third kappa shape index (κ3) is 7.27. The molecule has 1 amide bonds. The second-order valence-electron chi connectivity index (χ2n) is 11.3. The lowest BCUT2D eigenvalue weighted by Crippen LogP contribution is -2.49. The fourth-order valence-corrected chi connectivity index (χ4v) is 6.04. The molecule has 1 N–H and O–H groups in total. The molecule has 0 saturated carbocycles. The molecule has 3 heterocycles. The second-order valence-corrected chi connectivity index (χ2v) is 11.3. The molecule has 2 saturated heterocycles. The molecule has 0 radical (unpaired) electrons. The van der Waals surface area contributed by atoms with Crippen LogP contribution >= 0.6 is 0 Å². The topological polar surface area (TPSA) is 85.7 Å². The average molecular weight is 599 g/mol. The van der Waals surface area contributed by atoms with Crippen LogP contribution in [-0.2, 0) is 25.6 Å². The summed E-state index contributed by atoms with van der Waals surface area (Å²) in [4.78, 5) is 32.4. The first-order valence-corrected chi connectivity index (χ1v) is 14.7. The fraction of sp³-hybridized carbons (Fsp3) is 0.469. The van der Waals surface area contributed by atoms with E-state index < -0.39 is 47.7 Å². The number of imidazole rings is 1. The van der Waals surface area contributed by atoms with E-state index in [0.29, 0.717) is 45.0 Å². The van der Waals surface area contributed by atoms with Crippen LogP contribution in [0.1, 0.15) is 44.1 Å². The van der Waals surface area contributed by atoms with Crippen molar-refractivity contribution < 1.29 is 32.2 Å². The Bertz CT molecular complexity index is 1410. The normalized spacial score (nSPS) is 20.5. The Labute approximate surface area is 249 Å². The number of nitrogens with zero attached hydrogens (tertiary/aromatic N) is 3. The van der Waals surface area contributed by atoms with Gasteiger partial charge in [0.2, 0.25) is 0 Å². The molecule has 2 aromatic carbocycles. The van der Waals surface area contributed by atoms with E-state index in [4.69, 9.17) is 14.5 Å². The SMILES string of the molecule is CC(=O)OC(C)C(=O)N(C[C@@H]1CNC[C@@H]1F)[C@@H](c1nc(-c2cc(F)ccc2F)cn1Cc1ccccc1)C1CCOCC1. The lowest BCUT2D eigenvalue weighted by molar-refractivity contribution is -0.160. The highest BCUT2D eigenvalue weighted by atomic mass is 19.1. The lowest BCUT2D eigenvalue weighted by atomic mass is 9.88. The minimum Gasteiger partial charge on any atom is -0.453 e. The molecule has 2 fully saturated rings. The highest BCUT2D eigenvalue weighted by molar-refractivity contribution is 5.83. The first kappa shape index (κ1) is 30.7. The molecule has 8 nitrogen and oxygen atoms in total. The highest BCUT2D eigenvalue weighted by Gasteiger charge is 2.41. The largest absolute Gasteiger partial charge is 0.453 e. The second kappa shape index (κ2) is 13.7. The van der Waals surface area contributed by atoms with Crippen LogP contribution in [-0.4, -0.2) is 71.5 Å². The van der Waals surface area contributed by atoms with Crippen molar-refractivity contribution in [3.63, 3.8) is 0 Å². The van der Waals surface area contributed by atoms with Crippen LogP contribution in [0, 0.1) is 23.5 Å². The van der Waals surface area contributed by atoms with E-state index in [1.54, 1.807) is 11.1 Å². The van der Waals surface area contributed by atoms with Gasteiger partial charge in [-0.25, -0.2) is 18.2 Å². The molecule has 5 rings (SSSR count). The average Bonchev–Trinajstić information content (AvgIpc) is 3.59. The van der Waals surface area contributed by atoms with E-state index in [0.717, 1.165) is 23.8 Å². The molecule has 0 bridgehead atoms. The standard InChI is InChI=1S/C32H37F3N4O4/c1-20(43-21(2)40)32(41)39(18-24-15-36-16-28(24)35)30(23-10-12-42-13-11-23)31-37-29(26-14-25(33)8-9-27(26)34)19-38(31)17-22-6-4-3-5-7-22/h3-9,14,19-20,23-24,28,30,36H,10-13,15-18H2,1-2H3/t20?,24-,28-,30+/m0/s1. The van der Waals surface area contributed by atoms with Gasteiger partial charge in [-0.1, -0.05) is 30.3 Å². The van der Waals surface area contributed by atoms with Crippen molar-refractivity contribution in [3.05, 3.63) is 77.8 Å². The number of carbonyl (C=O) groups excluding carboxylic acids is 2. The number of esters is 1. The smallest absolute Gasteiger partial charge is 0.303 e. The van der Waals surface area contributed by atoms with Crippen LogP contribution in [0.3, 0.4) is 0 Å². The minimum absolute atomic E-state index is 0.00578. The summed E-state index contributed by atoms with van der Waals surface area (Å²) < 4.78 is 57.1. The summed E-state index contributed by atoms with van der Waals surface area (Å²) in [6.07, 6.45) is 0.570.